The van der Waals surface area contributed by atoms with Crippen LogP contribution in [-0.4, -0.2) is 18.3 Å². The zero-order chi connectivity index (χ0) is 9.52. The van der Waals surface area contributed by atoms with Crippen molar-refractivity contribution in [1.82, 2.24) is 5.32 Å². The van der Waals surface area contributed by atoms with Gasteiger partial charge in [0, 0.05) is 18.2 Å². The Morgan fingerprint density at radius 2 is 1.85 bits per heavy atom. The van der Waals surface area contributed by atoms with Crippen LogP contribution in [0.15, 0.2) is 24.3 Å². The summed E-state index contributed by atoms with van der Waals surface area (Å²) in [5, 5.41) is 13.6. The van der Waals surface area contributed by atoms with Crippen molar-refractivity contribution < 1.29 is 5.11 Å². The van der Waals surface area contributed by atoms with Crippen LogP contribution in [0, 0.1) is 0 Å². The van der Waals surface area contributed by atoms with Crippen LogP contribution in [0.1, 0.15) is 12.8 Å². The van der Waals surface area contributed by atoms with Crippen molar-refractivity contribution in [3.05, 3.63) is 29.3 Å². The summed E-state index contributed by atoms with van der Waals surface area (Å²) in [5.74, 6) is 0. The van der Waals surface area contributed by atoms with Crippen molar-refractivity contribution in [2.75, 3.05) is 13.2 Å². The van der Waals surface area contributed by atoms with Crippen molar-refractivity contribution in [2.45, 2.75) is 12.8 Å². The molecular formula is C10H13ClNO. The summed E-state index contributed by atoms with van der Waals surface area (Å²) < 4.78 is 0. The third-order valence-electron chi connectivity index (χ3n) is 1.69. The minimum absolute atomic E-state index is 0.246. The number of nitrogens with zero attached hydrogens (tertiary/aromatic N) is 1. The quantitative estimate of drug-likeness (QED) is 0.725. The van der Waals surface area contributed by atoms with Gasteiger partial charge in [-0.15, -0.1) is 0 Å². The van der Waals surface area contributed by atoms with E-state index in [4.69, 9.17) is 16.7 Å². The Hall–Kier alpha value is -0.730. The van der Waals surface area contributed by atoms with Crippen LogP contribution in [0.2, 0.25) is 5.02 Å². The highest BCUT2D eigenvalue weighted by molar-refractivity contribution is 6.30. The maximum Gasteiger partial charge on any atom is 0.0575 e. The molecule has 1 radical (unpaired) electrons. The maximum absolute atomic E-state index is 8.54. The molecule has 1 rings (SSSR count). The van der Waals surface area contributed by atoms with Gasteiger partial charge in [0.05, 0.1) is 5.69 Å². The molecule has 1 aromatic rings. The van der Waals surface area contributed by atoms with Gasteiger partial charge < -0.3 is 5.11 Å². The van der Waals surface area contributed by atoms with E-state index in [2.05, 4.69) is 5.32 Å². The average molecular weight is 199 g/mol. The molecule has 0 saturated carbocycles. The van der Waals surface area contributed by atoms with Crippen LogP contribution < -0.4 is 5.32 Å². The second-order valence-electron chi connectivity index (χ2n) is 2.79. The maximum atomic E-state index is 8.54. The Morgan fingerprint density at radius 1 is 1.15 bits per heavy atom. The summed E-state index contributed by atoms with van der Waals surface area (Å²) in [6.45, 7) is 1.01. The Kier molecular flexibility index (Phi) is 4.65. The molecule has 0 heterocycles. The van der Waals surface area contributed by atoms with Gasteiger partial charge in [0.1, 0.15) is 0 Å². The second-order valence-corrected chi connectivity index (χ2v) is 3.23. The first-order valence-corrected chi connectivity index (χ1v) is 4.74. The van der Waals surface area contributed by atoms with Crippen LogP contribution in [0.3, 0.4) is 0 Å². The predicted molar refractivity (Wildman–Crippen MR) is 54.4 cm³/mol. The molecule has 0 spiro atoms. The Labute approximate surface area is 83.5 Å². The summed E-state index contributed by atoms with van der Waals surface area (Å²) in [7, 11) is 0. The monoisotopic (exact) mass is 198 g/mol. The lowest BCUT2D eigenvalue weighted by atomic mass is 10.3. The van der Waals surface area contributed by atoms with E-state index in [0.29, 0.717) is 0 Å². The molecular weight excluding hydrogens is 186 g/mol. The molecule has 0 aliphatic rings. The van der Waals surface area contributed by atoms with Gasteiger partial charge in [-0.2, -0.15) is 0 Å². The SMILES string of the molecule is OCCCC[N]c1ccc(Cl)cc1. The number of aliphatic hydroxyl groups is 1. The standard InChI is InChI=1S/C10H13ClNO/c11-9-3-5-10(6-4-9)12-7-1-2-8-13/h3-6,13H,1-2,7-8H2. The van der Waals surface area contributed by atoms with Gasteiger partial charge in [0.2, 0.25) is 0 Å². The second kappa shape index (κ2) is 5.84. The van der Waals surface area contributed by atoms with Crippen molar-refractivity contribution >= 4 is 17.3 Å². The highest BCUT2D eigenvalue weighted by Gasteiger charge is 1.93. The van der Waals surface area contributed by atoms with E-state index >= 15 is 0 Å². The Balaban J connectivity index is 2.25. The molecule has 0 bridgehead atoms. The van der Waals surface area contributed by atoms with E-state index in [0.717, 1.165) is 30.1 Å². The number of hydrogen-bond acceptors (Lipinski definition) is 1. The van der Waals surface area contributed by atoms with Crippen LogP contribution in [0.25, 0.3) is 0 Å². The lowest BCUT2D eigenvalue weighted by Crippen LogP contribution is -2.00. The highest BCUT2D eigenvalue weighted by atomic mass is 35.5. The molecule has 0 aliphatic heterocycles. The van der Waals surface area contributed by atoms with Gasteiger partial charge in [-0.25, -0.2) is 0 Å². The molecule has 0 aliphatic carbocycles. The van der Waals surface area contributed by atoms with E-state index in [-0.39, 0.29) is 6.61 Å². The summed E-state index contributed by atoms with van der Waals surface area (Å²) in [5.41, 5.74) is 0.947. The number of benzene rings is 1. The lowest BCUT2D eigenvalue weighted by molar-refractivity contribution is 0.284. The fourth-order valence-corrected chi connectivity index (χ4v) is 1.10. The third-order valence-corrected chi connectivity index (χ3v) is 1.94. The van der Waals surface area contributed by atoms with Crippen molar-refractivity contribution in [2.24, 2.45) is 0 Å². The molecule has 2 nitrogen and oxygen atoms in total. The highest BCUT2D eigenvalue weighted by Crippen LogP contribution is 2.13. The van der Waals surface area contributed by atoms with E-state index in [1.165, 1.54) is 0 Å². The first kappa shape index (κ1) is 10.4. The normalized spacial score (nSPS) is 10.0. The fourth-order valence-electron chi connectivity index (χ4n) is 0.978. The van der Waals surface area contributed by atoms with Crippen molar-refractivity contribution in [3.8, 4) is 0 Å². The minimum Gasteiger partial charge on any atom is -0.396 e. The first-order chi connectivity index (χ1) is 6.33. The van der Waals surface area contributed by atoms with Crippen LogP contribution in [0.5, 0.6) is 0 Å². The smallest absolute Gasteiger partial charge is 0.0575 e. The van der Waals surface area contributed by atoms with Gasteiger partial charge in [-0.05, 0) is 37.1 Å². The van der Waals surface area contributed by atoms with Gasteiger partial charge in [0.25, 0.3) is 0 Å². The van der Waals surface area contributed by atoms with Gasteiger partial charge in [-0.1, -0.05) is 11.6 Å². The van der Waals surface area contributed by atoms with Gasteiger partial charge in [-0.3, -0.25) is 5.32 Å². The van der Waals surface area contributed by atoms with Crippen molar-refractivity contribution in [3.63, 3.8) is 0 Å². The van der Waals surface area contributed by atoms with E-state index in [1.54, 1.807) is 0 Å². The lowest BCUT2D eigenvalue weighted by Gasteiger charge is -2.01. The Morgan fingerprint density at radius 3 is 2.46 bits per heavy atom. The molecule has 0 aromatic heterocycles. The summed E-state index contributed by atoms with van der Waals surface area (Å²) in [4.78, 5) is 0. The van der Waals surface area contributed by atoms with Crippen LogP contribution in [-0.2, 0) is 0 Å². The third kappa shape index (κ3) is 4.15. The largest absolute Gasteiger partial charge is 0.396 e. The van der Waals surface area contributed by atoms with Crippen LogP contribution in [0.4, 0.5) is 5.69 Å². The molecule has 1 N–H and O–H groups in total. The fraction of sp³-hybridized carbons (Fsp3) is 0.400. The molecule has 0 unspecified atom stereocenters. The van der Waals surface area contributed by atoms with E-state index in [9.17, 15) is 0 Å². The number of unbranched alkanes of at least 4 members (excludes halogenated alkanes) is 1. The topological polar surface area (TPSA) is 34.3 Å². The van der Waals surface area contributed by atoms with Gasteiger partial charge >= 0.3 is 0 Å². The summed E-state index contributed by atoms with van der Waals surface area (Å²) in [6, 6.07) is 7.43. The average Bonchev–Trinajstić information content (AvgIpc) is 2.15. The molecule has 13 heavy (non-hydrogen) atoms. The molecule has 0 amide bonds. The molecule has 0 atom stereocenters. The number of hydrogen-bond donors (Lipinski definition) is 1. The molecule has 1 aromatic carbocycles. The van der Waals surface area contributed by atoms with Crippen molar-refractivity contribution in [1.29, 1.82) is 0 Å². The molecule has 71 valence electrons. The molecule has 0 saturated heterocycles. The first-order valence-electron chi connectivity index (χ1n) is 4.37. The number of rotatable bonds is 5. The zero-order valence-electron chi connectivity index (χ0n) is 7.41. The summed E-state index contributed by atoms with van der Waals surface area (Å²) >= 11 is 5.72. The van der Waals surface area contributed by atoms with Crippen LogP contribution >= 0.6 is 11.6 Å². The number of halogens is 1. The summed E-state index contributed by atoms with van der Waals surface area (Å²) in [6.07, 6.45) is 1.75. The molecule has 0 fully saturated rings. The molecule has 3 heteroatoms. The van der Waals surface area contributed by atoms with Gasteiger partial charge in [0.15, 0.2) is 0 Å². The van der Waals surface area contributed by atoms with E-state index < -0.39 is 0 Å². The predicted octanol–water partition coefficient (Wildman–Crippen LogP) is 2.35. The van der Waals surface area contributed by atoms with E-state index in [1.807, 2.05) is 24.3 Å². The zero-order valence-corrected chi connectivity index (χ0v) is 8.17. The Bertz CT molecular complexity index is 235. The number of aliphatic hydroxyl groups excluding tert-OH is 1. The minimum atomic E-state index is 0.246.